The number of likely N-dealkylation sites (tertiary alicyclic amines) is 1. The van der Waals surface area contributed by atoms with Crippen LogP contribution in [0.25, 0.3) is 0 Å². The molecule has 1 fully saturated rings. The molecule has 0 amide bonds. The third kappa shape index (κ3) is 4.45. The molecule has 0 spiro atoms. The smallest absolute Gasteiger partial charge is 0.245 e. The summed E-state index contributed by atoms with van der Waals surface area (Å²) in [5.74, 6) is 1.13. The molecule has 2 N–H and O–H groups in total. The topological polar surface area (TPSA) is 89.6 Å². The van der Waals surface area contributed by atoms with Gasteiger partial charge in [0.25, 0.3) is 0 Å². The summed E-state index contributed by atoms with van der Waals surface area (Å²) in [5.41, 5.74) is 8.26. The Morgan fingerprint density at radius 2 is 1.85 bits per heavy atom. The molecule has 3 aliphatic rings. The summed E-state index contributed by atoms with van der Waals surface area (Å²) in [6.07, 6.45) is 2.83. The van der Waals surface area contributed by atoms with Gasteiger partial charge in [-0.25, -0.2) is 5.01 Å². The van der Waals surface area contributed by atoms with E-state index in [9.17, 15) is 4.79 Å². The molecule has 0 radical (unpaired) electrons. The number of carbonyl (C=O) groups excluding carboxylic acids is 1. The zero-order valence-corrected chi connectivity index (χ0v) is 19.0. The molecule has 33 heavy (non-hydrogen) atoms. The molecule has 9 heteroatoms. The Kier molecular flexibility index (Phi) is 6.28. The molecule has 1 saturated heterocycles. The molecule has 2 aromatic rings. The minimum absolute atomic E-state index is 0.114. The van der Waals surface area contributed by atoms with Gasteiger partial charge in [0.2, 0.25) is 12.1 Å². The van der Waals surface area contributed by atoms with Crippen molar-refractivity contribution in [2.45, 2.75) is 31.5 Å². The van der Waals surface area contributed by atoms with Crippen LogP contribution in [0.3, 0.4) is 0 Å². The Morgan fingerprint density at radius 1 is 1.12 bits per heavy atom. The van der Waals surface area contributed by atoms with Crippen LogP contribution >= 0.6 is 11.6 Å². The number of hydrogen-bond acceptors (Lipinski definition) is 8. The van der Waals surface area contributed by atoms with Gasteiger partial charge in [0.15, 0.2) is 17.8 Å². The Balaban J connectivity index is 1.28. The molecule has 2 aromatic carbocycles. The molecule has 0 saturated carbocycles. The predicted molar refractivity (Wildman–Crippen MR) is 126 cm³/mol. The molecular weight excluding hydrogens is 444 g/mol. The number of piperidine rings is 1. The van der Waals surface area contributed by atoms with Crippen molar-refractivity contribution >= 4 is 29.5 Å². The van der Waals surface area contributed by atoms with Crippen molar-refractivity contribution in [2.75, 3.05) is 38.6 Å². The summed E-state index contributed by atoms with van der Waals surface area (Å²) in [6, 6.07) is 12.3. The van der Waals surface area contributed by atoms with Gasteiger partial charge >= 0.3 is 0 Å². The maximum Gasteiger partial charge on any atom is 0.245 e. The maximum absolute atomic E-state index is 11.8. The van der Waals surface area contributed by atoms with E-state index >= 15 is 0 Å². The number of nitrogen functional groups attached to an aromatic ring is 1. The number of ether oxygens (including phenoxy) is 3. The quantitative estimate of drug-likeness (QED) is 0.512. The molecule has 0 aromatic heterocycles. The van der Waals surface area contributed by atoms with E-state index in [0.29, 0.717) is 46.9 Å². The molecule has 174 valence electrons. The van der Waals surface area contributed by atoms with Crippen LogP contribution in [0.2, 0.25) is 5.02 Å². The van der Waals surface area contributed by atoms with E-state index in [1.165, 1.54) is 5.56 Å². The number of aldehydes is 1. The number of hydrazone groups is 1. The van der Waals surface area contributed by atoms with Gasteiger partial charge in [0, 0.05) is 19.6 Å². The predicted octanol–water partition coefficient (Wildman–Crippen LogP) is 2.92. The lowest BCUT2D eigenvalue weighted by atomic mass is 10.0. The lowest BCUT2D eigenvalue weighted by molar-refractivity contribution is -0.122. The largest absolute Gasteiger partial charge is 0.485 e. The highest BCUT2D eigenvalue weighted by atomic mass is 35.5. The summed E-state index contributed by atoms with van der Waals surface area (Å²) in [7, 11) is 0. The Hall–Kier alpha value is -2.97. The van der Waals surface area contributed by atoms with Crippen molar-refractivity contribution in [1.29, 1.82) is 0 Å². The van der Waals surface area contributed by atoms with E-state index in [1.807, 2.05) is 6.07 Å². The summed E-state index contributed by atoms with van der Waals surface area (Å²) < 4.78 is 17.4. The fraction of sp³-hybridized carbons (Fsp3) is 0.417. The summed E-state index contributed by atoms with van der Waals surface area (Å²) in [6.45, 7) is 3.69. The van der Waals surface area contributed by atoms with Crippen molar-refractivity contribution in [3.8, 4) is 11.5 Å². The van der Waals surface area contributed by atoms with Crippen LogP contribution < -0.4 is 15.2 Å². The number of anilines is 1. The van der Waals surface area contributed by atoms with Crippen LogP contribution in [-0.4, -0.2) is 67.2 Å². The highest BCUT2D eigenvalue weighted by Crippen LogP contribution is 2.44. The first-order valence-electron chi connectivity index (χ1n) is 11.3. The second-order valence-corrected chi connectivity index (χ2v) is 8.82. The minimum Gasteiger partial charge on any atom is -0.485 e. The summed E-state index contributed by atoms with van der Waals surface area (Å²) in [4.78, 5) is 14.3. The lowest BCUT2D eigenvalue weighted by Crippen LogP contribution is -2.46. The number of carbonyl (C=O) groups is 1. The Morgan fingerprint density at radius 3 is 2.58 bits per heavy atom. The lowest BCUT2D eigenvalue weighted by Gasteiger charge is -2.36. The number of benzene rings is 2. The zero-order chi connectivity index (χ0) is 22.8. The van der Waals surface area contributed by atoms with E-state index in [2.05, 4.69) is 34.3 Å². The highest BCUT2D eigenvalue weighted by Gasteiger charge is 2.37. The molecule has 3 heterocycles. The van der Waals surface area contributed by atoms with Gasteiger partial charge in [0.05, 0.1) is 22.3 Å². The van der Waals surface area contributed by atoms with E-state index in [0.717, 1.165) is 45.2 Å². The van der Waals surface area contributed by atoms with Gasteiger partial charge in [-0.05, 0) is 30.9 Å². The van der Waals surface area contributed by atoms with Crippen LogP contribution in [0.4, 0.5) is 5.69 Å². The minimum atomic E-state index is -0.780. The molecule has 0 bridgehead atoms. The molecule has 1 atom stereocenters. The first-order valence-corrected chi connectivity index (χ1v) is 11.6. The molecule has 5 rings (SSSR count). The van der Waals surface area contributed by atoms with Crippen molar-refractivity contribution in [1.82, 2.24) is 9.91 Å². The van der Waals surface area contributed by atoms with Gasteiger partial charge < -0.3 is 24.8 Å². The van der Waals surface area contributed by atoms with Crippen LogP contribution in [0, 0.1) is 0 Å². The van der Waals surface area contributed by atoms with Gasteiger partial charge in [0.1, 0.15) is 13.2 Å². The standard InChI is InChI=1S/C24H27ClN4O4/c25-19-14-18(22-23(21(19)26)32-13-12-31-22)24-27-29(20(15-30)33-24)17-7-10-28(11-8-17)9-6-16-4-2-1-3-5-16/h1-5,14-15,17,20H,6-13,26H2. The Labute approximate surface area is 197 Å². The van der Waals surface area contributed by atoms with Crippen LogP contribution in [-0.2, 0) is 16.0 Å². The number of nitrogens with zero attached hydrogens (tertiary/aromatic N) is 3. The zero-order valence-electron chi connectivity index (χ0n) is 18.3. The van der Waals surface area contributed by atoms with E-state index in [-0.39, 0.29) is 6.04 Å². The van der Waals surface area contributed by atoms with Gasteiger partial charge in [-0.1, -0.05) is 41.9 Å². The molecule has 8 nitrogen and oxygen atoms in total. The SMILES string of the molecule is Nc1c(Cl)cc(C2=NN(C3CCN(CCc4ccccc4)CC3)C(C=O)O2)c2c1OCCO2. The molecule has 0 aliphatic carbocycles. The second kappa shape index (κ2) is 9.49. The number of fused-ring (bicyclic) bond motifs is 1. The Bertz CT molecular complexity index is 1040. The van der Waals surface area contributed by atoms with Crippen LogP contribution in [0.15, 0.2) is 41.5 Å². The first-order chi connectivity index (χ1) is 16.1. The average Bonchev–Trinajstić information content (AvgIpc) is 3.30. The van der Waals surface area contributed by atoms with Gasteiger partial charge in [-0.2, -0.15) is 0 Å². The van der Waals surface area contributed by atoms with Gasteiger partial charge in [-0.15, -0.1) is 5.10 Å². The van der Waals surface area contributed by atoms with Crippen molar-refractivity contribution in [3.63, 3.8) is 0 Å². The number of nitrogens with two attached hydrogens (primary N) is 1. The number of hydrogen-bond donors (Lipinski definition) is 1. The fourth-order valence-electron chi connectivity index (χ4n) is 4.55. The molecule has 1 unspecified atom stereocenters. The van der Waals surface area contributed by atoms with Crippen LogP contribution in [0.1, 0.15) is 24.0 Å². The van der Waals surface area contributed by atoms with E-state index in [4.69, 9.17) is 31.5 Å². The average molecular weight is 471 g/mol. The molecular formula is C24H27ClN4O4. The molecule has 3 aliphatic heterocycles. The monoisotopic (exact) mass is 470 g/mol. The fourth-order valence-corrected chi connectivity index (χ4v) is 4.74. The third-order valence-electron chi connectivity index (χ3n) is 6.34. The van der Waals surface area contributed by atoms with E-state index < -0.39 is 6.23 Å². The second-order valence-electron chi connectivity index (χ2n) is 8.41. The normalized spacial score (nSPS) is 20.9. The summed E-state index contributed by atoms with van der Waals surface area (Å²) in [5, 5.41) is 6.78. The maximum atomic E-state index is 11.8. The number of halogens is 1. The first kappa shape index (κ1) is 21.9. The van der Waals surface area contributed by atoms with Crippen molar-refractivity contribution in [3.05, 3.63) is 52.5 Å². The van der Waals surface area contributed by atoms with Crippen molar-refractivity contribution in [2.24, 2.45) is 5.10 Å². The number of rotatable bonds is 6. The summed E-state index contributed by atoms with van der Waals surface area (Å²) >= 11 is 6.31. The third-order valence-corrected chi connectivity index (χ3v) is 6.65. The van der Waals surface area contributed by atoms with Gasteiger partial charge in [-0.3, -0.25) is 4.79 Å². The van der Waals surface area contributed by atoms with Crippen LogP contribution in [0.5, 0.6) is 11.5 Å². The van der Waals surface area contributed by atoms with E-state index in [1.54, 1.807) is 11.1 Å². The van der Waals surface area contributed by atoms with Crippen molar-refractivity contribution < 1.29 is 19.0 Å². The highest BCUT2D eigenvalue weighted by molar-refractivity contribution is 6.34.